The van der Waals surface area contributed by atoms with E-state index in [0.29, 0.717) is 36.9 Å². The Balaban J connectivity index is 1.52. The average molecular weight is 422 g/mol. The Kier molecular flexibility index (Phi) is 6.31. The minimum atomic E-state index is -0.00963. The minimum absolute atomic E-state index is 0.00963. The second-order valence-electron chi connectivity index (χ2n) is 6.81. The molecule has 0 radical (unpaired) electrons. The minimum Gasteiger partial charge on any atom is -0.395 e. The molecule has 154 valence electrons. The van der Waals surface area contributed by atoms with Crippen LogP contribution in [0.4, 0.5) is 23.5 Å². The molecular weight excluding hydrogens is 398 g/mol. The summed E-state index contributed by atoms with van der Waals surface area (Å²) in [6.07, 6.45) is 0. The normalized spacial score (nSPS) is 11.9. The second-order valence-corrected chi connectivity index (χ2v) is 7.70. The van der Waals surface area contributed by atoms with Crippen LogP contribution >= 0.6 is 11.3 Å². The molecule has 2 aromatic carbocycles. The smallest absolute Gasteiger partial charge is 0.233 e. The van der Waals surface area contributed by atoms with Gasteiger partial charge in [-0.25, -0.2) is 4.98 Å². The lowest BCUT2D eigenvalue weighted by Crippen LogP contribution is -2.16. The zero-order valence-corrected chi connectivity index (χ0v) is 17.4. The SMILES string of the molecule is C[C@H](CNc1nc(NCCO)nc(Nc2ccc3ncsc3c2)n1)c1ccccc1. The first-order valence-corrected chi connectivity index (χ1v) is 10.6. The van der Waals surface area contributed by atoms with Crippen LogP contribution in [0.1, 0.15) is 18.4 Å². The van der Waals surface area contributed by atoms with Gasteiger partial charge >= 0.3 is 0 Å². The van der Waals surface area contributed by atoms with Gasteiger partial charge in [-0.05, 0) is 29.7 Å². The van der Waals surface area contributed by atoms with E-state index in [1.54, 1.807) is 11.3 Å². The third-order valence-electron chi connectivity index (χ3n) is 4.55. The summed E-state index contributed by atoms with van der Waals surface area (Å²) >= 11 is 1.58. The fourth-order valence-corrected chi connectivity index (χ4v) is 3.68. The first-order chi connectivity index (χ1) is 14.7. The number of aliphatic hydroxyl groups excluding tert-OH is 1. The highest BCUT2D eigenvalue weighted by Gasteiger charge is 2.10. The van der Waals surface area contributed by atoms with Crippen molar-refractivity contribution < 1.29 is 5.11 Å². The highest BCUT2D eigenvalue weighted by Crippen LogP contribution is 2.24. The molecule has 0 aliphatic carbocycles. The summed E-state index contributed by atoms with van der Waals surface area (Å²) in [5, 5.41) is 18.7. The van der Waals surface area contributed by atoms with Gasteiger partial charge in [0.1, 0.15) is 0 Å². The molecule has 0 aliphatic heterocycles. The quantitative estimate of drug-likeness (QED) is 0.323. The van der Waals surface area contributed by atoms with Crippen molar-refractivity contribution in [3.63, 3.8) is 0 Å². The summed E-state index contributed by atoms with van der Waals surface area (Å²) in [7, 11) is 0. The molecule has 0 unspecified atom stereocenters. The monoisotopic (exact) mass is 421 g/mol. The number of aliphatic hydroxyl groups is 1. The van der Waals surface area contributed by atoms with E-state index >= 15 is 0 Å². The number of rotatable bonds is 9. The summed E-state index contributed by atoms with van der Waals surface area (Å²) in [5.74, 6) is 1.58. The van der Waals surface area contributed by atoms with Gasteiger partial charge in [0.15, 0.2) is 0 Å². The molecule has 1 atom stereocenters. The topological polar surface area (TPSA) is 108 Å². The van der Waals surface area contributed by atoms with E-state index < -0.39 is 0 Å². The Hall–Kier alpha value is -3.30. The van der Waals surface area contributed by atoms with Crippen LogP contribution in [0.5, 0.6) is 0 Å². The molecule has 2 aromatic heterocycles. The highest BCUT2D eigenvalue weighted by molar-refractivity contribution is 7.16. The Morgan fingerprint density at radius 2 is 1.73 bits per heavy atom. The van der Waals surface area contributed by atoms with Crippen LogP contribution in [-0.4, -0.2) is 44.7 Å². The number of hydrogen-bond donors (Lipinski definition) is 4. The van der Waals surface area contributed by atoms with E-state index in [9.17, 15) is 0 Å². The number of fused-ring (bicyclic) bond motifs is 1. The number of nitrogens with zero attached hydrogens (tertiary/aromatic N) is 4. The zero-order chi connectivity index (χ0) is 20.8. The molecule has 9 heteroatoms. The first kappa shape index (κ1) is 20.0. The average Bonchev–Trinajstić information content (AvgIpc) is 3.24. The summed E-state index contributed by atoms with van der Waals surface area (Å²) in [6, 6.07) is 16.2. The summed E-state index contributed by atoms with van der Waals surface area (Å²) in [6.45, 7) is 3.18. The van der Waals surface area contributed by atoms with Crippen LogP contribution in [-0.2, 0) is 0 Å². The number of anilines is 4. The number of aromatic nitrogens is 4. The third-order valence-corrected chi connectivity index (χ3v) is 5.34. The van der Waals surface area contributed by atoms with Crippen LogP contribution in [0, 0.1) is 0 Å². The van der Waals surface area contributed by atoms with E-state index in [2.05, 4.69) is 54.9 Å². The molecule has 4 aromatic rings. The Morgan fingerprint density at radius 3 is 2.53 bits per heavy atom. The van der Waals surface area contributed by atoms with Gasteiger partial charge < -0.3 is 21.1 Å². The van der Waals surface area contributed by atoms with Gasteiger partial charge in [0.2, 0.25) is 17.8 Å². The van der Waals surface area contributed by atoms with Crippen LogP contribution in [0.25, 0.3) is 10.2 Å². The van der Waals surface area contributed by atoms with Gasteiger partial charge in [-0.3, -0.25) is 0 Å². The Labute approximate surface area is 178 Å². The summed E-state index contributed by atoms with van der Waals surface area (Å²) < 4.78 is 1.09. The van der Waals surface area contributed by atoms with Gasteiger partial charge in [-0.1, -0.05) is 37.3 Å². The zero-order valence-electron chi connectivity index (χ0n) is 16.5. The van der Waals surface area contributed by atoms with Crippen LogP contribution in [0.15, 0.2) is 54.0 Å². The molecule has 8 nitrogen and oxygen atoms in total. The van der Waals surface area contributed by atoms with Crippen LogP contribution in [0.2, 0.25) is 0 Å². The molecule has 0 amide bonds. The van der Waals surface area contributed by atoms with Crippen molar-refractivity contribution in [2.24, 2.45) is 0 Å². The van der Waals surface area contributed by atoms with E-state index in [0.717, 1.165) is 15.9 Å². The van der Waals surface area contributed by atoms with Gasteiger partial charge in [0.25, 0.3) is 0 Å². The molecular formula is C21H23N7OS. The molecule has 0 saturated carbocycles. The maximum Gasteiger partial charge on any atom is 0.233 e. The third kappa shape index (κ3) is 5.00. The lowest BCUT2D eigenvalue weighted by Gasteiger charge is -2.14. The molecule has 0 saturated heterocycles. The second kappa shape index (κ2) is 9.47. The fourth-order valence-electron chi connectivity index (χ4n) is 2.96. The highest BCUT2D eigenvalue weighted by atomic mass is 32.1. The van der Waals surface area contributed by atoms with Crippen molar-refractivity contribution in [2.45, 2.75) is 12.8 Å². The molecule has 2 heterocycles. The lowest BCUT2D eigenvalue weighted by molar-refractivity contribution is 0.311. The van der Waals surface area contributed by atoms with Crippen LogP contribution < -0.4 is 16.0 Å². The molecule has 4 N–H and O–H groups in total. The number of thiazole rings is 1. The van der Waals surface area contributed by atoms with E-state index in [1.165, 1.54) is 5.56 Å². The van der Waals surface area contributed by atoms with Gasteiger partial charge in [0, 0.05) is 18.8 Å². The maximum absolute atomic E-state index is 9.11. The summed E-state index contributed by atoms with van der Waals surface area (Å²) in [4.78, 5) is 17.6. The lowest BCUT2D eigenvalue weighted by atomic mass is 10.0. The van der Waals surface area contributed by atoms with Crippen molar-refractivity contribution in [3.8, 4) is 0 Å². The van der Waals surface area contributed by atoms with E-state index in [1.807, 2.05) is 41.9 Å². The molecule has 0 bridgehead atoms. The fraction of sp³-hybridized carbons (Fsp3) is 0.238. The van der Waals surface area contributed by atoms with Crippen molar-refractivity contribution in [3.05, 3.63) is 59.6 Å². The van der Waals surface area contributed by atoms with Gasteiger partial charge in [-0.2, -0.15) is 15.0 Å². The van der Waals surface area contributed by atoms with Crippen LogP contribution in [0.3, 0.4) is 0 Å². The Bertz CT molecular complexity index is 1100. The predicted octanol–water partition coefficient (Wildman–Crippen LogP) is 3.84. The molecule has 0 spiro atoms. The number of benzene rings is 2. The molecule has 0 aliphatic rings. The van der Waals surface area contributed by atoms with Crippen molar-refractivity contribution in [2.75, 3.05) is 35.6 Å². The molecule has 4 rings (SSSR count). The molecule has 0 fully saturated rings. The first-order valence-electron chi connectivity index (χ1n) is 9.71. The van der Waals surface area contributed by atoms with Crippen molar-refractivity contribution in [1.29, 1.82) is 0 Å². The number of hydrogen-bond acceptors (Lipinski definition) is 9. The Morgan fingerprint density at radius 1 is 0.967 bits per heavy atom. The van der Waals surface area contributed by atoms with E-state index in [4.69, 9.17) is 5.11 Å². The van der Waals surface area contributed by atoms with Crippen molar-refractivity contribution in [1.82, 2.24) is 19.9 Å². The van der Waals surface area contributed by atoms with Gasteiger partial charge in [0.05, 0.1) is 22.3 Å². The molecule has 30 heavy (non-hydrogen) atoms. The number of nitrogens with one attached hydrogen (secondary N) is 3. The summed E-state index contributed by atoms with van der Waals surface area (Å²) in [5.41, 5.74) is 4.90. The largest absolute Gasteiger partial charge is 0.395 e. The van der Waals surface area contributed by atoms with Crippen molar-refractivity contribution >= 4 is 45.1 Å². The van der Waals surface area contributed by atoms with Gasteiger partial charge in [-0.15, -0.1) is 11.3 Å². The predicted molar refractivity (Wildman–Crippen MR) is 122 cm³/mol. The standard InChI is InChI=1S/C21H23N7OS/c1-14(15-5-3-2-4-6-15)12-23-20-26-19(22-9-10-29)27-21(28-20)25-16-7-8-17-18(11-16)30-13-24-17/h2-8,11,13-14,29H,9-10,12H2,1H3,(H3,22,23,25,26,27,28)/t14-/m1/s1. The van der Waals surface area contributed by atoms with E-state index in [-0.39, 0.29) is 6.61 Å². The maximum atomic E-state index is 9.11.